The Bertz CT molecular complexity index is 777. The fraction of sp³-hybridized carbons (Fsp3) is 0.222. The van der Waals surface area contributed by atoms with Gasteiger partial charge in [-0.25, -0.2) is 0 Å². The maximum atomic E-state index is 6.30. The molecular formula is C18H17ClSi. The highest BCUT2D eigenvalue weighted by atomic mass is 35.6. The van der Waals surface area contributed by atoms with Crippen molar-refractivity contribution in [3.63, 3.8) is 0 Å². The second-order valence-corrected chi connectivity index (χ2v) is 6.57. The summed E-state index contributed by atoms with van der Waals surface area (Å²) in [7, 11) is 0.332. The Morgan fingerprint density at radius 2 is 1.70 bits per heavy atom. The number of aryl methyl sites for hydroxylation is 1. The van der Waals surface area contributed by atoms with E-state index in [1.165, 1.54) is 37.9 Å². The summed E-state index contributed by atoms with van der Waals surface area (Å²) in [5.41, 5.74) is 2.82. The lowest BCUT2D eigenvalue weighted by Gasteiger charge is -2.14. The van der Waals surface area contributed by atoms with Crippen molar-refractivity contribution >= 4 is 46.6 Å². The summed E-state index contributed by atoms with van der Waals surface area (Å²) in [5, 5.41) is 6.57. The second-order valence-electron chi connectivity index (χ2n) is 5.31. The predicted molar refractivity (Wildman–Crippen MR) is 91.4 cm³/mol. The van der Waals surface area contributed by atoms with Crippen LogP contribution in [0.5, 0.6) is 0 Å². The van der Waals surface area contributed by atoms with Gasteiger partial charge in [-0.1, -0.05) is 43.7 Å². The lowest BCUT2D eigenvalue weighted by atomic mass is 9.96. The minimum atomic E-state index is 0.332. The molecule has 0 N–H and O–H groups in total. The van der Waals surface area contributed by atoms with Crippen molar-refractivity contribution in [1.29, 1.82) is 0 Å². The molecule has 3 aromatic rings. The fourth-order valence-corrected chi connectivity index (χ4v) is 4.36. The molecule has 0 bridgehead atoms. The van der Waals surface area contributed by atoms with Crippen LogP contribution in [-0.4, -0.2) is 8.83 Å². The highest BCUT2D eigenvalue weighted by Crippen LogP contribution is 2.25. The van der Waals surface area contributed by atoms with E-state index in [4.69, 9.17) is 11.1 Å². The number of hydrogen-bond donors (Lipinski definition) is 0. The molecule has 0 unspecified atom stereocenters. The minimum Gasteiger partial charge on any atom is -0.165 e. The van der Waals surface area contributed by atoms with Gasteiger partial charge in [0, 0.05) is 0 Å². The molecule has 0 spiro atoms. The molecule has 0 aromatic heterocycles. The molecule has 0 saturated heterocycles. The number of fused-ring (bicyclic) bond motifs is 2. The van der Waals surface area contributed by atoms with Crippen LogP contribution in [-0.2, 0) is 6.42 Å². The van der Waals surface area contributed by atoms with E-state index in [2.05, 4.69) is 56.3 Å². The van der Waals surface area contributed by atoms with Crippen LogP contribution < -0.4 is 5.19 Å². The van der Waals surface area contributed by atoms with Gasteiger partial charge in [0.1, 0.15) is 0 Å². The zero-order valence-corrected chi connectivity index (χ0v) is 13.6. The quantitative estimate of drug-likeness (QED) is 0.372. The average Bonchev–Trinajstić information content (AvgIpc) is 2.46. The molecule has 2 heteroatoms. The number of halogens is 1. The third-order valence-electron chi connectivity index (χ3n) is 3.93. The Kier molecular flexibility index (Phi) is 3.82. The van der Waals surface area contributed by atoms with Crippen LogP contribution in [0.4, 0.5) is 0 Å². The average molecular weight is 297 g/mol. The van der Waals surface area contributed by atoms with E-state index in [9.17, 15) is 0 Å². The van der Waals surface area contributed by atoms with Gasteiger partial charge in [0.25, 0.3) is 0 Å². The number of benzene rings is 3. The van der Waals surface area contributed by atoms with Crippen LogP contribution in [0, 0.1) is 6.92 Å². The first-order chi connectivity index (χ1) is 9.74. The normalized spacial score (nSPS) is 11.3. The SMILES string of the molecule is CCCc1c(C)cc2cc3ccccc3cc2c1[Si]Cl. The van der Waals surface area contributed by atoms with E-state index >= 15 is 0 Å². The van der Waals surface area contributed by atoms with Crippen LogP contribution in [0.25, 0.3) is 21.5 Å². The summed E-state index contributed by atoms with van der Waals surface area (Å²) in [6.07, 6.45) is 2.28. The van der Waals surface area contributed by atoms with Crippen LogP contribution in [0.3, 0.4) is 0 Å². The first-order valence-corrected chi connectivity index (χ1v) is 9.07. The fourth-order valence-electron chi connectivity index (χ4n) is 2.95. The Labute approximate surface area is 127 Å². The molecule has 0 aliphatic rings. The van der Waals surface area contributed by atoms with Gasteiger partial charge >= 0.3 is 0 Å². The molecule has 100 valence electrons. The lowest BCUT2D eigenvalue weighted by Crippen LogP contribution is -2.18. The Hall–Kier alpha value is -1.31. The van der Waals surface area contributed by atoms with Crippen molar-refractivity contribution in [2.24, 2.45) is 0 Å². The Balaban J connectivity index is 2.39. The predicted octanol–water partition coefficient (Wildman–Crippen LogP) is 4.74. The molecule has 3 rings (SSSR count). The Morgan fingerprint density at radius 1 is 1.00 bits per heavy atom. The third-order valence-corrected chi connectivity index (χ3v) is 5.26. The van der Waals surface area contributed by atoms with Gasteiger partial charge in [0.2, 0.25) is 8.83 Å². The van der Waals surface area contributed by atoms with E-state index in [1.807, 2.05) is 0 Å². The summed E-state index contributed by atoms with van der Waals surface area (Å²) in [5.74, 6) is 0. The van der Waals surface area contributed by atoms with Crippen LogP contribution in [0.15, 0.2) is 42.5 Å². The van der Waals surface area contributed by atoms with E-state index in [0.29, 0.717) is 8.83 Å². The molecule has 3 aromatic carbocycles. The van der Waals surface area contributed by atoms with Crippen molar-refractivity contribution in [3.8, 4) is 0 Å². The maximum absolute atomic E-state index is 6.30. The molecule has 0 nitrogen and oxygen atoms in total. The number of hydrogen-bond acceptors (Lipinski definition) is 0. The van der Waals surface area contributed by atoms with Crippen molar-refractivity contribution in [2.75, 3.05) is 0 Å². The van der Waals surface area contributed by atoms with Crippen molar-refractivity contribution < 1.29 is 0 Å². The molecule has 0 atom stereocenters. The highest BCUT2D eigenvalue weighted by Gasteiger charge is 2.11. The zero-order valence-electron chi connectivity index (χ0n) is 11.8. The van der Waals surface area contributed by atoms with Gasteiger partial charge in [-0.2, -0.15) is 11.1 Å². The minimum absolute atomic E-state index is 0.332. The van der Waals surface area contributed by atoms with E-state index < -0.39 is 0 Å². The van der Waals surface area contributed by atoms with Gasteiger partial charge < -0.3 is 0 Å². The summed E-state index contributed by atoms with van der Waals surface area (Å²) in [6, 6.07) is 15.4. The van der Waals surface area contributed by atoms with Crippen molar-refractivity contribution in [2.45, 2.75) is 26.7 Å². The largest absolute Gasteiger partial charge is 0.211 e. The molecular weight excluding hydrogens is 280 g/mol. The summed E-state index contributed by atoms with van der Waals surface area (Å²) in [4.78, 5) is 0. The molecule has 0 fully saturated rings. The molecule has 20 heavy (non-hydrogen) atoms. The maximum Gasteiger partial charge on any atom is 0.211 e. The standard InChI is InChI=1S/C18H17ClSi/c1-3-6-16-12(2)9-15-10-13-7-4-5-8-14(13)11-17(15)18(16)20-19/h4-5,7-11H,3,6H2,1-2H3. The van der Waals surface area contributed by atoms with Crippen LogP contribution >= 0.6 is 11.1 Å². The van der Waals surface area contributed by atoms with E-state index in [1.54, 1.807) is 0 Å². The second kappa shape index (κ2) is 5.59. The third kappa shape index (κ3) is 2.25. The monoisotopic (exact) mass is 296 g/mol. The molecule has 2 radical (unpaired) electrons. The lowest BCUT2D eigenvalue weighted by molar-refractivity contribution is 0.920. The topological polar surface area (TPSA) is 0 Å². The number of rotatable bonds is 3. The van der Waals surface area contributed by atoms with Crippen LogP contribution in [0.1, 0.15) is 24.5 Å². The summed E-state index contributed by atoms with van der Waals surface area (Å²) >= 11 is 6.30. The summed E-state index contributed by atoms with van der Waals surface area (Å²) < 4.78 is 0. The Morgan fingerprint density at radius 3 is 2.35 bits per heavy atom. The van der Waals surface area contributed by atoms with Crippen molar-refractivity contribution in [1.82, 2.24) is 0 Å². The van der Waals surface area contributed by atoms with Crippen LogP contribution in [0.2, 0.25) is 0 Å². The smallest absolute Gasteiger partial charge is 0.165 e. The molecule has 0 amide bonds. The van der Waals surface area contributed by atoms with Gasteiger partial charge in [-0.3, -0.25) is 0 Å². The van der Waals surface area contributed by atoms with Gasteiger partial charge in [-0.15, -0.1) is 0 Å². The van der Waals surface area contributed by atoms with E-state index in [0.717, 1.165) is 12.8 Å². The molecule has 0 heterocycles. The molecule has 0 saturated carbocycles. The first kappa shape index (κ1) is 13.7. The first-order valence-electron chi connectivity index (χ1n) is 7.06. The van der Waals surface area contributed by atoms with E-state index in [-0.39, 0.29) is 0 Å². The van der Waals surface area contributed by atoms with Crippen molar-refractivity contribution in [3.05, 3.63) is 53.6 Å². The van der Waals surface area contributed by atoms with Gasteiger partial charge in [0.05, 0.1) is 0 Å². The van der Waals surface area contributed by atoms with Gasteiger partial charge in [-0.05, 0) is 63.3 Å². The van der Waals surface area contributed by atoms with Gasteiger partial charge in [0.15, 0.2) is 0 Å². The highest BCUT2D eigenvalue weighted by molar-refractivity contribution is 7.02. The molecule has 0 aliphatic carbocycles. The zero-order chi connectivity index (χ0) is 14.1. The molecule has 0 aliphatic heterocycles. The summed E-state index contributed by atoms with van der Waals surface area (Å²) in [6.45, 7) is 4.44.